The number of Topliss-reactive ketones (excluding diaryl/α,β-unsaturated/α-hetero) is 1. The molecule has 6 heteroatoms. The predicted octanol–water partition coefficient (Wildman–Crippen LogP) is 6.23. The van der Waals surface area contributed by atoms with E-state index in [-0.39, 0.29) is 5.78 Å². The van der Waals surface area contributed by atoms with Crippen LogP contribution in [0.1, 0.15) is 50.3 Å². The molecule has 184 valence electrons. The number of benzene rings is 3. The van der Waals surface area contributed by atoms with Gasteiger partial charge in [0.05, 0.1) is 6.61 Å². The van der Waals surface area contributed by atoms with E-state index < -0.39 is 21.6 Å². The zero-order valence-electron chi connectivity index (χ0n) is 20.7. The normalized spacial score (nSPS) is 15.9. The number of fused-ring (bicyclic) bond motifs is 3. The van der Waals surface area contributed by atoms with Crippen molar-refractivity contribution in [2.45, 2.75) is 50.5 Å². The number of nitrogens with one attached hydrogen (secondary N) is 1. The molecule has 4 aromatic rings. The van der Waals surface area contributed by atoms with E-state index in [9.17, 15) is 9.35 Å². The molecule has 1 aromatic heterocycles. The largest absolute Gasteiger partial charge is 0.598 e. The molecule has 1 aliphatic rings. The summed E-state index contributed by atoms with van der Waals surface area (Å²) in [4.78, 5) is 12.1. The maximum atomic E-state index is 12.9. The van der Waals surface area contributed by atoms with Gasteiger partial charge in [0, 0.05) is 49.9 Å². The van der Waals surface area contributed by atoms with Gasteiger partial charge in [-0.3, -0.25) is 4.79 Å². The Balaban J connectivity index is 1.39. The highest BCUT2D eigenvalue weighted by atomic mass is 32.2. The average Bonchev–Trinajstić information content (AvgIpc) is 3.20. The maximum absolute atomic E-state index is 12.9. The Hall–Kier alpha value is -2.66. The molecule has 4 nitrogen and oxygen atoms in total. The summed E-state index contributed by atoms with van der Waals surface area (Å²) in [5.74, 6) is 6.54. The second-order valence-electron chi connectivity index (χ2n) is 10.3. The zero-order valence-corrected chi connectivity index (χ0v) is 22.4. The highest BCUT2D eigenvalue weighted by molar-refractivity contribution is 7.90. The van der Waals surface area contributed by atoms with Crippen molar-refractivity contribution in [2.24, 2.45) is 0 Å². The first kappa shape index (κ1) is 25.0. The minimum atomic E-state index is -1.27. The first-order valence-electron chi connectivity index (χ1n) is 12.0. The van der Waals surface area contributed by atoms with Gasteiger partial charge in [-0.25, -0.2) is 0 Å². The SMILES string of the molecule is CC(C)(C)[S+]([O-])NC1(c2ccc3sc4ccc(C#CCOCc5ccccc5)cc4c3c2)CC(=O)C1. The molecule has 0 spiro atoms. The van der Waals surface area contributed by atoms with E-state index >= 15 is 0 Å². The van der Waals surface area contributed by atoms with E-state index in [4.69, 9.17) is 4.74 Å². The number of hydrogen-bond acceptors (Lipinski definition) is 5. The maximum Gasteiger partial charge on any atom is 0.137 e. The number of ketones is 1. The van der Waals surface area contributed by atoms with Crippen molar-refractivity contribution in [3.63, 3.8) is 0 Å². The fourth-order valence-corrected chi connectivity index (χ4v) is 6.36. The summed E-state index contributed by atoms with van der Waals surface area (Å²) in [5, 5.41) is 2.28. The highest BCUT2D eigenvalue weighted by Crippen LogP contribution is 2.43. The standard InChI is InChI=1S/C30H29NO3S2/c1-29(2,3)36(33)31-30(18-24(32)19-30)23-12-14-28-26(17-23)25-16-21(11-13-27(25)35-28)10-7-15-34-20-22-8-5-4-6-9-22/h4-6,8-9,11-14,16-17,31H,15,18-20H2,1-3H3. The quantitative estimate of drug-likeness (QED) is 0.188. The Kier molecular flexibility index (Phi) is 6.95. The Morgan fingerprint density at radius 2 is 1.72 bits per heavy atom. The van der Waals surface area contributed by atoms with Gasteiger partial charge in [-0.05, 0) is 62.2 Å². The smallest absolute Gasteiger partial charge is 0.137 e. The summed E-state index contributed by atoms with van der Waals surface area (Å²) in [5.41, 5.74) is 2.51. The Morgan fingerprint density at radius 3 is 2.42 bits per heavy atom. The summed E-state index contributed by atoms with van der Waals surface area (Å²) in [6.07, 6.45) is 0.726. The van der Waals surface area contributed by atoms with Gasteiger partial charge in [-0.2, -0.15) is 0 Å². The fourth-order valence-electron chi connectivity index (χ4n) is 4.37. The molecule has 0 amide bonds. The highest BCUT2D eigenvalue weighted by Gasteiger charge is 2.50. The van der Waals surface area contributed by atoms with Crippen LogP contribution < -0.4 is 4.72 Å². The van der Waals surface area contributed by atoms with Crippen molar-refractivity contribution >= 4 is 48.7 Å². The monoisotopic (exact) mass is 515 g/mol. The van der Waals surface area contributed by atoms with E-state index in [1.165, 1.54) is 9.40 Å². The minimum Gasteiger partial charge on any atom is -0.598 e. The molecule has 36 heavy (non-hydrogen) atoms. The van der Waals surface area contributed by atoms with Crippen molar-refractivity contribution in [2.75, 3.05) is 6.61 Å². The van der Waals surface area contributed by atoms with E-state index in [1.807, 2.05) is 57.2 Å². The molecule has 1 heterocycles. The third kappa shape index (κ3) is 5.22. The van der Waals surface area contributed by atoms with Crippen molar-refractivity contribution in [3.8, 4) is 11.8 Å². The number of carbonyl (C=O) groups is 1. The van der Waals surface area contributed by atoms with Gasteiger partial charge in [0.15, 0.2) is 0 Å². The van der Waals surface area contributed by atoms with Gasteiger partial charge in [-0.1, -0.05) is 48.2 Å². The first-order chi connectivity index (χ1) is 17.2. The molecule has 1 fully saturated rings. The van der Waals surface area contributed by atoms with Crippen LogP contribution in [-0.4, -0.2) is 21.7 Å². The van der Waals surface area contributed by atoms with Crippen molar-refractivity contribution in [3.05, 3.63) is 83.4 Å². The molecular weight excluding hydrogens is 486 g/mol. The second-order valence-corrected chi connectivity index (χ2v) is 13.3. The van der Waals surface area contributed by atoms with Crippen LogP contribution in [-0.2, 0) is 33.0 Å². The van der Waals surface area contributed by atoms with E-state index in [2.05, 4.69) is 46.9 Å². The lowest BCUT2D eigenvalue weighted by Gasteiger charge is -2.42. The lowest BCUT2D eigenvalue weighted by Crippen LogP contribution is -2.58. The third-order valence-electron chi connectivity index (χ3n) is 6.38. The van der Waals surface area contributed by atoms with Crippen LogP contribution in [0, 0.1) is 11.8 Å². The number of hydrogen-bond donors (Lipinski definition) is 1. The summed E-state index contributed by atoms with van der Waals surface area (Å²) < 4.78 is 23.9. The van der Waals surface area contributed by atoms with Crippen LogP contribution >= 0.6 is 11.3 Å². The van der Waals surface area contributed by atoms with E-state index in [0.717, 1.165) is 27.5 Å². The van der Waals surface area contributed by atoms with Crippen LogP contribution in [0.3, 0.4) is 0 Å². The first-order valence-corrected chi connectivity index (χ1v) is 14.0. The van der Waals surface area contributed by atoms with E-state index in [0.29, 0.717) is 26.1 Å². The number of thiophene rings is 1. The number of ether oxygens (including phenoxy) is 1. The van der Waals surface area contributed by atoms with Crippen LogP contribution in [0.15, 0.2) is 66.7 Å². The van der Waals surface area contributed by atoms with Crippen LogP contribution in [0.25, 0.3) is 20.2 Å². The van der Waals surface area contributed by atoms with Gasteiger partial charge in [0.1, 0.15) is 22.7 Å². The van der Waals surface area contributed by atoms with Crippen molar-refractivity contribution < 1.29 is 14.1 Å². The zero-order chi connectivity index (χ0) is 25.3. The summed E-state index contributed by atoms with van der Waals surface area (Å²) in [6.45, 7) is 6.73. The summed E-state index contributed by atoms with van der Waals surface area (Å²) in [6, 6.07) is 22.7. The molecule has 0 radical (unpaired) electrons. The number of rotatable bonds is 6. The van der Waals surface area contributed by atoms with Crippen LogP contribution in [0.5, 0.6) is 0 Å². The van der Waals surface area contributed by atoms with Gasteiger partial charge >= 0.3 is 0 Å². The Bertz CT molecular complexity index is 1470. The summed E-state index contributed by atoms with van der Waals surface area (Å²) in [7, 11) is 0. The molecule has 0 bridgehead atoms. The average molecular weight is 516 g/mol. The molecule has 0 aliphatic heterocycles. The van der Waals surface area contributed by atoms with E-state index in [1.54, 1.807) is 11.3 Å². The molecule has 0 saturated heterocycles. The van der Waals surface area contributed by atoms with Crippen molar-refractivity contribution in [1.82, 2.24) is 4.72 Å². The summed E-state index contributed by atoms with van der Waals surface area (Å²) >= 11 is 0.470. The van der Waals surface area contributed by atoms with Gasteiger partial charge in [-0.15, -0.1) is 16.1 Å². The molecule has 1 saturated carbocycles. The fraction of sp³-hybridized carbons (Fsp3) is 0.300. The molecular formula is C30H29NO3S2. The third-order valence-corrected chi connectivity index (χ3v) is 9.22. The second kappa shape index (κ2) is 10.0. The molecule has 1 aliphatic carbocycles. The molecule has 1 unspecified atom stereocenters. The Labute approximate surface area is 219 Å². The van der Waals surface area contributed by atoms with Crippen LogP contribution in [0.2, 0.25) is 0 Å². The topological polar surface area (TPSA) is 61.4 Å². The van der Waals surface area contributed by atoms with Gasteiger partial charge < -0.3 is 9.29 Å². The molecule has 1 atom stereocenters. The van der Waals surface area contributed by atoms with Gasteiger partial charge in [0.25, 0.3) is 0 Å². The molecule has 3 aromatic carbocycles. The van der Waals surface area contributed by atoms with Crippen molar-refractivity contribution in [1.29, 1.82) is 0 Å². The van der Waals surface area contributed by atoms with Crippen LogP contribution in [0.4, 0.5) is 0 Å². The lowest BCUT2D eigenvalue weighted by atomic mass is 9.71. The number of carbonyl (C=O) groups excluding carboxylic acids is 1. The Morgan fingerprint density at radius 1 is 1.03 bits per heavy atom. The lowest BCUT2D eigenvalue weighted by molar-refractivity contribution is -0.128. The predicted molar refractivity (Wildman–Crippen MR) is 149 cm³/mol. The molecule has 5 rings (SSSR count). The molecule has 1 N–H and O–H groups in total. The minimum absolute atomic E-state index is 0.190. The van der Waals surface area contributed by atoms with Gasteiger partial charge in [0.2, 0.25) is 0 Å².